The second-order valence-electron chi connectivity index (χ2n) is 3.01. The maximum atomic E-state index is 11.2. The van der Waals surface area contributed by atoms with Gasteiger partial charge in [-0.3, -0.25) is 0 Å². The molecule has 0 saturated carbocycles. The zero-order valence-electron chi connectivity index (χ0n) is 8.91. The molecule has 14 heavy (non-hydrogen) atoms. The van der Waals surface area contributed by atoms with Crippen molar-refractivity contribution in [2.45, 2.75) is 32.8 Å². The maximum Gasteiger partial charge on any atom is 0.335 e. The van der Waals surface area contributed by atoms with Crippen LogP contribution >= 0.6 is 0 Å². The summed E-state index contributed by atoms with van der Waals surface area (Å²) in [7, 11) is 0. The lowest BCUT2D eigenvalue weighted by Crippen LogP contribution is -2.13. The molecule has 0 spiro atoms. The van der Waals surface area contributed by atoms with Crippen LogP contribution in [0.25, 0.3) is 0 Å². The number of carbonyl (C=O) groups excluding carboxylic acids is 1. The van der Waals surface area contributed by atoms with E-state index in [1.54, 1.807) is 6.08 Å². The SMILES string of the molecule is C=CC(C)OCOC(=O)C(=C)CCC. The van der Waals surface area contributed by atoms with Gasteiger partial charge in [0.1, 0.15) is 0 Å². The highest BCUT2D eigenvalue weighted by molar-refractivity contribution is 5.87. The number of carbonyl (C=O) groups is 1. The van der Waals surface area contributed by atoms with Crippen molar-refractivity contribution >= 4 is 5.97 Å². The van der Waals surface area contributed by atoms with Gasteiger partial charge in [0.2, 0.25) is 0 Å². The average Bonchev–Trinajstić information content (AvgIpc) is 2.17. The third-order valence-corrected chi connectivity index (χ3v) is 1.69. The van der Waals surface area contributed by atoms with Crippen molar-refractivity contribution in [1.82, 2.24) is 0 Å². The molecule has 3 heteroatoms. The molecule has 80 valence electrons. The van der Waals surface area contributed by atoms with Crippen LogP contribution in [0.15, 0.2) is 24.8 Å². The number of hydrogen-bond donors (Lipinski definition) is 0. The Hall–Kier alpha value is -1.09. The number of rotatable bonds is 7. The average molecular weight is 198 g/mol. The molecule has 1 atom stereocenters. The first-order chi connectivity index (χ1) is 6.61. The Morgan fingerprint density at radius 2 is 2.21 bits per heavy atom. The molecule has 0 aliphatic heterocycles. The molecule has 0 aliphatic rings. The predicted molar refractivity (Wildman–Crippen MR) is 55.8 cm³/mol. The number of esters is 1. The smallest absolute Gasteiger partial charge is 0.335 e. The van der Waals surface area contributed by atoms with Gasteiger partial charge in [0, 0.05) is 5.57 Å². The van der Waals surface area contributed by atoms with Crippen LogP contribution in [0.2, 0.25) is 0 Å². The minimum absolute atomic E-state index is 0.0469. The molecule has 0 saturated heterocycles. The highest BCUT2D eigenvalue weighted by Crippen LogP contribution is 2.04. The number of hydrogen-bond acceptors (Lipinski definition) is 3. The summed E-state index contributed by atoms with van der Waals surface area (Å²) in [5, 5.41) is 0. The van der Waals surface area contributed by atoms with Gasteiger partial charge in [-0.2, -0.15) is 0 Å². The lowest BCUT2D eigenvalue weighted by molar-refractivity contribution is -0.153. The highest BCUT2D eigenvalue weighted by atomic mass is 16.7. The third-order valence-electron chi connectivity index (χ3n) is 1.69. The van der Waals surface area contributed by atoms with Gasteiger partial charge < -0.3 is 9.47 Å². The van der Waals surface area contributed by atoms with E-state index in [0.717, 1.165) is 6.42 Å². The van der Waals surface area contributed by atoms with Crippen LogP contribution in [0.5, 0.6) is 0 Å². The Kier molecular flexibility index (Phi) is 6.76. The maximum absolute atomic E-state index is 11.2. The molecule has 0 aromatic carbocycles. The second kappa shape index (κ2) is 7.33. The monoisotopic (exact) mass is 198 g/mol. The summed E-state index contributed by atoms with van der Waals surface area (Å²) < 4.78 is 9.91. The number of ether oxygens (including phenoxy) is 2. The molecule has 0 amide bonds. The molecule has 0 heterocycles. The zero-order chi connectivity index (χ0) is 11.0. The molecule has 1 unspecified atom stereocenters. The third kappa shape index (κ3) is 5.54. The molecule has 0 bridgehead atoms. The second-order valence-corrected chi connectivity index (χ2v) is 3.01. The molecule has 3 nitrogen and oxygen atoms in total. The van der Waals surface area contributed by atoms with Gasteiger partial charge in [-0.15, -0.1) is 6.58 Å². The zero-order valence-corrected chi connectivity index (χ0v) is 8.91. The summed E-state index contributed by atoms with van der Waals surface area (Å²) in [6, 6.07) is 0. The predicted octanol–water partition coefficient (Wildman–Crippen LogP) is 2.43. The van der Waals surface area contributed by atoms with Crippen LogP contribution in [0.1, 0.15) is 26.7 Å². The van der Waals surface area contributed by atoms with E-state index in [9.17, 15) is 4.79 Å². The largest absolute Gasteiger partial charge is 0.435 e. The Morgan fingerprint density at radius 3 is 2.71 bits per heavy atom. The van der Waals surface area contributed by atoms with Crippen molar-refractivity contribution in [3.63, 3.8) is 0 Å². The summed E-state index contributed by atoms with van der Waals surface area (Å²) in [6.07, 6.45) is 3.07. The van der Waals surface area contributed by atoms with E-state index in [1.807, 2.05) is 13.8 Å². The Morgan fingerprint density at radius 1 is 1.57 bits per heavy atom. The standard InChI is InChI=1S/C11H18O3/c1-5-7-9(3)11(12)14-8-13-10(4)6-2/h6,10H,2-3,5,7-8H2,1,4H3. The van der Waals surface area contributed by atoms with Gasteiger partial charge in [-0.25, -0.2) is 4.79 Å². The van der Waals surface area contributed by atoms with Crippen molar-refractivity contribution in [3.8, 4) is 0 Å². The summed E-state index contributed by atoms with van der Waals surface area (Å²) in [5.74, 6) is -0.386. The fraction of sp³-hybridized carbons (Fsp3) is 0.545. The van der Waals surface area contributed by atoms with Gasteiger partial charge in [0.25, 0.3) is 0 Å². The molecule has 0 aliphatic carbocycles. The summed E-state index contributed by atoms with van der Waals surface area (Å²) in [4.78, 5) is 11.2. The minimum atomic E-state index is -0.386. The quantitative estimate of drug-likeness (QED) is 0.273. The Bertz CT molecular complexity index is 209. The van der Waals surface area contributed by atoms with Crippen LogP contribution in [-0.2, 0) is 14.3 Å². The van der Waals surface area contributed by atoms with Gasteiger partial charge in [0.15, 0.2) is 6.79 Å². The Labute approximate surface area is 85.4 Å². The molecular formula is C11H18O3. The molecule has 0 N–H and O–H groups in total. The van der Waals surface area contributed by atoms with Crippen LogP contribution in [-0.4, -0.2) is 18.9 Å². The first-order valence-corrected chi connectivity index (χ1v) is 4.70. The van der Waals surface area contributed by atoms with Crippen molar-refractivity contribution in [3.05, 3.63) is 24.8 Å². The molecule has 0 fully saturated rings. The van der Waals surface area contributed by atoms with E-state index < -0.39 is 0 Å². The lowest BCUT2D eigenvalue weighted by Gasteiger charge is -2.09. The Balaban J connectivity index is 3.63. The molecule has 0 aromatic heterocycles. The molecule has 0 rings (SSSR count). The van der Waals surface area contributed by atoms with Crippen LogP contribution in [0.3, 0.4) is 0 Å². The summed E-state index contributed by atoms with van der Waals surface area (Å²) in [5.41, 5.74) is 0.488. The fourth-order valence-corrected chi connectivity index (χ4v) is 0.769. The van der Waals surface area contributed by atoms with Gasteiger partial charge in [0.05, 0.1) is 6.10 Å². The summed E-state index contributed by atoms with van der Waals surface area (Å²) in [6.45, 7) is 10.9. The topological polar surface area (TPSA) is 35.5 Å². The van der Waals surface area contributed by atoms with E-state index in [0.29, 0.717) is 12.0 Å². The van der Waals surface area contributed by atoms with Crippen molar-refractivity contribution in [2.75, 3.05) is 6.79 Å². The lowest BCUT2D eigenvalue weighted by atomic mass is 10.2. The normalized spacial score (nSPS) is 11.9. The van der Waals surface area contributed by atoms with E-state index in [4.69, 9.17) is 9.47 Å². The van der Waals surface area contributed by atoms with Crippen LogP contribution < -0.4 is 0 Å². The minimum Gasteiger partial charge on any atom is -0.435 e. The molecule has 0 aromatic rings. The van der Waals surface area contributed by atoms with Gasteiger partial charge in [-0.05, 0) is 13.3 Å². The van der Waals surface area contributed by atoms with Gasteiger partial charge in [-0.1, -0.05) is 26.0 Å². The first kappa shape index (κ1) is 12.9. The van der Waals surface area contributed by atoms with Crippen molar-refractivity contribution < 1.29 is 14.3 Å². The fourth-order valence-electron chi connectivity index (χ4n) is 0.769. The van der Waals surface area contributed by atoms with Crippen molar-refractivity contribution in [1.29, 1.82) is 0 Å². The summed E-state index contributed by atoms with van der Waals surface area (Å²) >= 11 is 0. The van der Waals surface area contributed by atoms with Crippen molar-refractivity contribution in [2.24, 2.45) is 0 Å². The van der Waals surface area contributed by atoms with Crippen LogP contribution in [0.4, 0.5) is 0 Å². The van der Waals surface area contributed by atoms with E-state index in [2.05, 4.69) is 13.2 Å². The highest BCUT2D eigenvalue weighted by Gasteiger charge is 2.07. The molecular weight excluding hydrogens is 180 g/mol. The van der Waals surface area contributed by atoms with E-state index in [-0.39, 0.29) is 18.9 Å². The first-order valence-electron chi connectivity index (χ1n) is 4.70. The van der Waals surface area contributed by atoms with E-state index in [1.165, 1.54) is 0 Å². The van der Waals surface area contributed by atoms with E-state index >= 15 is 0 Å². The van der Waals surface area contributed by atoms with Gasteiger partial charge >= 0.3 is 5.97 Å². The molecule has 0 radical (unpaired) electrons. The van der Waals surface area contributed by atoms with Crippen LogP contribution in [0, 0.1) is 0 Å².